The molecule has 3 aromatic rings. The van der Waals surface area contributed by atoms with Gasteiger partial charge in [-0.15, -0.1) is 0 Å². The van der Waals surface area contributed by atoms with E-state index in [0.29, 0.717) is 35.5 Å². The Morgan fingerprint density at radius 3 is 2.67 bits per heavy atom. The molecule has 3 atom stereocenters. The summed E-state index contributed by atoms with van der Waals surface area (Å²) in [6, 6.07) is 5.06. The van der Waals surface area contributed by atoms with Crippen LogP contribution in [-0.4, -0.2) is 32.1 Å². The number of ketones is 1. The first-order valence-electron chi connectivity index (χ1n) is 13.1. The largest absolute Gasteiger partial charge is 0.392 e. The van der Waals surface area contributed by atoms with Crippen LogP contribution >= 0.6 is 0 Å². The van der Waals surface area contributed by atoms with Crippen LogP contribution < -0.4 is 16.2 Å². The zero-order valence-corrected chi connectivity index (χ0v) is 22.0. The number of hydrogen-bond acceptors (Lipinski definition) is 5. The van der Waals surface area contributed by atoms with E-state index in [2.05, 4.69) is 35.1 Å². The third-order valence-corrected chi connectivity index (χ3v) is 8.02. The maximum atomic E-state index is 15.1. The van der Waals surface area contributed by atoms with Crippen LogP contribution in [0.5, 0.6) is 0 Å². The van der Waals surface area contributed by atoms with Gasteiger partial charge >= 0.3 is 0 Å². The predicted molar refractivity (Wildman–Crippen MR) is 140 cm³/mol. The number of carbonyl (C=O) groups is 2. The van der Waals surface area contributed by atoms with Gasteiger partial charge in [-0.2, -0.15) is 0 Å². The molecule has 2 aromatic heterocycles. The number of nitrogens with one attached hydrogen (secondary N) is 2. The van der Waals surface area contributed by atoms with Gasteiger partial charge in [0, 0.05) is 37.6 Å². The molecule has 4 heterocycles. The van der Waals surface area contributed by atoms with Gasteiger partial charge in [0.1, 0.15) is 17.7 Å². The van der Waals surface area contributed by atoms with Crippen LogP contribution in [0.2, 0.25) is 0 Å². The van der Waals surface area contributed by atoms with Crippen molar-refractivity contribution in [3.63, 3.8) is 0 Å². The lowest BCUT2D eigenvalue weighted by Gasteiger charge is -2.28. The minimum Gasteiger partial charge on any atom is -0.392 e. The number of aliphatic hydroxyl groups is 1. The Morgan fingerprint density at radius 1 is 1.23 bits per heavy atom. The number of Topliss-reactive ketones (excluding diaryl/α,β-unsaturated/α-hetero) is 1. The molecule has 204 valence electrons. The lowest BCUT2D eigenvalue weighted by Crippen LogP contribution is -2.36. The number of fused-ring (bicyclic) bond motifs is 3. The van der Waals surface area contributed by atoms with Gasteiger partial charge < -0.3 is 19.6 Å². The molecular formula is C29H30F2N4O4. The molecule has 1 aromatic carbocycles. The highest BCUT2D eigenvalue weighted by atomic mass is 19.1. The van der Waals surface area contributed by atoms with E-state index in [1.54, 1.807) is 0 Å². The van der Waals surface area contributed by atoms with Crippen LogP contribution in [0.3, 0.4) is 0 Å². The fourth-order valence-corrected chi connectivity index (χ4v) is 6.04. The van der Waals surface area contributed by atoms with Crippen molar-refractivity contribution in [3.8, 4) is 11.1 Å². The number of pyridine rings is 1. The summed E-state index contributed by atoms with van der Waals surface area (Å²) in [6.07, 6.45) is 1.22. The zero-order chi connectivity index (χ0) is 27.8. The van der Waals surface area contributed by atoms with Crippen LogP contribution in [0.15, 0.2) is 35.3 Å². The summed E-state index contributed by atoms with van der Waals surface area (Å²) in [6.45, 7) is 4.97. The topological polar surface area (TPSA) is 105 Å². The summed E-state index contributed by atoms with van der Waals surface area (Å²) in [5, 5.41) is 16.2. The second kappa shape index (κ2) is 8.96. The molecule has 10 heteroatoms. The molecule has 8 nitrogen and oxygen atoms in total. The molecule has 6 rings (SSSR count). The molecule has 2 aliphatic heterocycles. The number of aliphatic hydroxyl groups excluding tert-OH is 1. The minimum absolute atomic E-state index is 0.0360. The predicted octanol–water partition coefficient (Wildman–Crippen LogP) is 3.39. The lowest BCUT2D eigenvalue weighted by molar-refractivity contribution is -0.117. The maximum Gasteiger partial charge on any atom is 0.274 e. The zero-order valence-electron chi connectivity index (χ0n) is 22.0. The van der Waals surface area contributed by atoms with E-state index in [0.717, 1.165) is 17.7 Å². The highest BCUT2D eigenvalue weighted by Crippen LogP contribution is 2.40. The summed E-state index contributed by atoms with van der Waals surface area (Å²) in [5.41, 5.74) is 3.39. The first-order valence-corrected chi connectivity index (χ1v) is 13.1. The number of alkyl halides is 1. The molecule has 0 radical (unpaired) electrons. The molecule has 1 aliphatic carbocycles. The fourth-order valence-electron chi connectivity index (χ4n) is 6.04. The maximum absolute atomic E-state index is 15.1. The van der Waals surface area contributed by atoms with Gasteiger partial charge in [-0.1, -0.05) is 13.8 Å². The van der Waals surface area contributed by atoms with Crippen LogP contribution in [0, 0.1) is 17.2 Å². The number of rotatable bonds is 5. The number of anilines is 1. The Bertz CT molecular complexity index is 1610. The third kappa shape index (κ3) is 4.31. The molecule has 3 unspecified atom stereocenters. The number of nitrogens with zero attached hydrogens (tertiary/aromatic N) is 2. The van der Waals surface area contributed by atoms with Crippen molar-refractivity contribution in [1.29, 1.82) is 0 Å². The van der Waals surface area contributed by atoms with Crippen LogP contribution in [-0.2, 0) is 38.0 Å². The van der Waals surface area contributed by atoms with Crippen molar-refractivity contribution in [2.24, 2.45) is 18.4 Å². The van der Waals surface area contributed by atoms with Gasteiger partial charge in [0.05, 0.1) is 24.3 Å². The first kappa shape index (κ1) is 25.6. The van der Waals surface area contributed by atoms with Crippen molar-refractivity contribution >= 4 is 17.4 Å². The molecule has 0 saturated heterocycles. The first-order chi connectivity index (χ1) is 18.5. The second-order valence-electron chi connectivity index (χ2n) is 11.7. The molecule has 39 heavy (non-hydrogen) atoms. The Kier molecular flexibility index (Phi) is 5.89. The van der Waals surface area contributed by atoms with Crippen molar-refractivity contribution in [1.82, 2.24) is 14.5 Å². The van der Waals surface area contributed by atoms with Gasteiger partial charge in [-0.05, 0) is 64.8 Å². The van der Waals surface area contributed by atoms with Crippen LogP contribution in [0.1, 0.15) is 59.2 Å². The van der Waals surface area contributed by atoms with Crippen LogP contribution in [0.25, 0.3) is 11.1 Å². The minimum atomic E-state index is -1.22. The highest BCUT2D eigenvalue weighted by molar-refractivity contribution is 6.02. The normalized spacial score (nSPS) is 22.9. The van der Waals surface area contributed by atoms with Crippen molar-refractivity contribution in [3.05, 3.63) is 74.7 Å². The number of benzene rings is 1. The molecule has 0 spiro atoms. The smallest absolute Gasteiger partial charge is 0.274 e. The van der Waals surface area contributed by atoms with E-state index in [-0.39, 0.29) is 28.9 Å². The number of aryl methyl sites for hydroxylation is 1. The van der Waals surface area contributed by atoms with Gasteiger partial charge in [-0.3, -0.25) is 19.7 Å². The number of carbonyl (C=O) groups excluding carboxylic acids is 2. The Labute approximate surface area is 223 Å². The second-order valence-corrected chi connectivity index (χ2v) is 11.7. The number of amides is 1. The molecule has 3 N–H and O–H groups in total. The standard InChI is InChI=1S/C29H30F2N4O4/c1-29(2)9-17-4-14-10-32-24(26(37)25(14)35(17)13-29)19-7-16(30)6-18(21(19)12-36)15-5-23(28(39)34(3)11-15)33-27(38)20-8-22(20)31/h4-7,11,20,22,24,32,36H,8-10,12-13H2,1-3H3,(H,33,38). The molecule has 3 aliphatic rings. The van der Waals surface area contributed by atoms with E-state index in [1.807, 2.05) is 0 Å². The highest BCUT2D eigenvalue weighted by Gasteiger charge is 2.44. The summed E-state index contributed by atoms with van der Waals surface area (Å²) >= 11 is 0. The average molecular weight is 537 g/mol. The van der Waals surface area contributed by atoms with Crippen molar-refractivity contribution in [2.75, 3.05) is 5.32 Å². The summed E-state index contributed by atoms with van der Waals surface area (Å²) in [7, 11) is 1.48. The molecule has 1 amide bonds. The van der Waals surface area contributed by atoms with E-state index >= 15 is 4.39 Å². The number of hydrogen-bond donors (Lipinski definition) is 3. The molecule has 0 bridgehead atoms. The molecule has 1 fully saturated rings. The summed E-state index contributed by atoms with van der Waals surface area (Å²) < 4.78 is 31.8. The summed E-state index contributed by atoms with van der Waals surface area (Å²) in [5.74, 6) is -2.18. The van der Waals surface area contributed by atoms with Gasteiger partial charge in [0.25, 0.3) is 5.56 Å². The Balaban J connectivity index is 1.41. The van der Waals surface area contributed by atoms with Gasteiger partial charge in [-0.25, -0.2) is 8.78 Å². The van der Waals surface area contributed by atoms with Crippen LogP contribution in [0.4, 0.5) is 14.5 Å². The van der Waals surface area contributed by atoms with Gasteiger partial charge in [0.2, 0.25) is 11.7 Å². The van der Waals surface area contributed by atoms with E-state index in [1.165, 1.54) is 36.0 Å². The quantitative estimate of drug-likeness (QED) is 0.464. The van der Waals surface area contributed by atoms with Crippen molar-refractivity contribution < 1.29 is 23.5 Å². The molecule has 1 saturated carbocycles. The lowest BCUT2D eigenvalue weighted by atomic mass is 9.87. The average Bonchev–Trinajstić information content (AvgIpc) is 3.40. The summed E-state index contributed by atoms with van der Waals surface area (Å²) in [4.78, 5) is 38.9. The monoisotopic (exact) mass is 536 g/mol. The Hall–Kier alpha value is -3.63. The van der Waals surface area contributed by atoms with E-state index in [9.17, 15) is 23.9 Å². The third-order valence-electron chi connectivity index (χ3n) is 8.02. The van der Waals surface area contributed by atoms with Crippen molar-refractivity contribution in [2.45, 2.75) is 58.6 Å². The van der Waals surface area contributed by atoms with E-state index < -0.39 is 42.0 Å². The Morgan fingerprint density at radius 2 is 1.97 bits per heavy atom. The van der Waals surface area contributed by atoms with E-state index in [4.69, 9.17) is 0 Å². The molecular weight excluding hydrogens is 506 g/mol. The fraction of sp³-hybridized carbons (Fsp3) is 0.414. The SMILES string of the molecule is Cn1cc(-c2cc(F)cc(C3NCc4cc5n(c4C3=O)CC(C)(C)C5)c2CO)cc(NC(=O)C2CC2F)c1=O. The number of halogens is 2. The number of aromatic nitrogens is 2. The van der Waals surface area contributed by atoms with Gasteiger partial charge in [0.15, 0.2) is 0 Å².